The molecule has 0 radical (unpaired) electrons. The number of anilines is 2. The van der Waals surface area contributed by atoms with Crippen LogP contribution < -0.4 is 10.2 Å². The highest BCUT2D eigenvalue weighted by Crippen LogP contribution is 2.37. The van der Waals surface area contributed by atoms with Crippen molar-refractivity contribution in [2.75, 3.05) is 56.0 Å². The van der Waals surface area contributed by atoms with Crippen LogP contribution in [0, 0.1) is 17.0 Å². The van der Waals surface area contributed by atoms with Gasteiger partial charge in [0.15, 0.2) is 11.6 Å². The smallest absolute Gasteiger partial charge is 0.236 e. The van der Waals surface area contributed by atoms with E-state index >= 15 is 0 Å². The van der Waals surface area contributed by atoms with Crippen LogP contribution in [0.3, 0.4) is 0 Å². The summed E-state index contributed by atoms with van der Waals surface area (Å²) in [6, 6.07) is 19.5. The maximum Gasteiger partial charge on any atom is 0.236 e. The summed E-state index contributed by atoms with van der Waals surface area (Å²) in [7, 11) is 0. The standard InChI is InChI=1S/C37H36F2N8O2/c1-2-13-37(36(49)42-29-9-12-32-31(20-29)34(44-43-32)25-3-7-27(38)8-4-25)14-15-45(24-37)23-33(48)47-18-16-46(17-19-47)30-10-5-26(6-11-30)35-40-21-28(39)22-41-35/h2-12,20-22H,1,13-19,23-24H2,(H,42,49)(H,43,44). The molecular weight excluding hydrogens is 626 g/mol. The van der Waals surface area contributed by atoms with Gasteiger partial charge in [0.1, 0.15) is 5.82 Å². The van der Waals surface area contributed by atoms with Crippen LogP contribution in [0.5, 0.6) is 0 Å². The quantitative estimate of drug-likeness (QED) is 0.200. The van der Waals surface area contributed by atoms with Crippen molar-refractivity contribution in [1.29, 1.82) is 0 Å². The van der Waals surface area contributed by atoms with Gasteiger partial charge >= 0.3 is 0 Å². The summed E-state index contributed by atoms with van der Waals surface area (Å²) in [5.74, 6) is -0.388. The van der Waals surface area contributed by atoms with E-state index in [4.69, 9.17) is 0 Å². The van der Waals surface area contributed by atoms with Crippen LogP contribution in [-0.2, 0) is 9.59 Å². The average molecular weight is 663 g/mol. The Labute approximate surface area is 282 Å². The predicted octanol–water partition coefficient (Wildman–Crippen LogP) is 5.52. The van der Waals surface area contributed by atoms with Crippen LogP contribution in [-0.4, -0.2) is 87.6 Å². The van der Waals surface area contributed by atoms with Crippen molar-refractivity contribution in [2.45, 2.75) is 12.8 Å². The lowest BCUT2D eigenvalue weighted by Gasteiger charge is -2.37. The molecule has 2 fully saturated rings. The fourth-order valence-electron chi connectivity index (χ4n) is 6.79. The number of nitrogens with zero attached hydrogens (tertiary/aromatic N) is 6. The Kier molecular flexibility index (Phi) is 8.87. The zero-order valence-corrected chi connectivity index (χ0v) is 26.9. The van der Waals surface area contributed by atoms with Gasteiger partial charge in [-0.1, -0.05) is 6.08 Å². The number of fused-ring (bicyclic) bond motifs is 1. The van der Waals surface area contributed by atoms with E-state index in [1.54, 1.807) is 18.2 Å². The number of aromatic nitrogens is 4. The van der Waals surface area contributed by atoms with Crippen LogP contribution in [0.1, 0.15) is 12.8 Å². The number of halogens is 2. The lowest BCUT2D eigenvalue weighted by atomic mass is 9.82. The van der Waals surface area contributed by atoms with Crippen LogP contribution in [0.2, 0.25) is 0 Å². The molecule has 2 saturated heterocycles. The van der Waals surface area contributed by atoms with Crippen molar-refractivity contribution < 1.29 is 18.4 Å². The number of rotatable bonds is 9. The first-order valence-corrected chi connectivity index (χ1v) is 16.3. The molecule has 3 aromatic carbocycles. The summed E-state index contributed by atoms with van der Waals surface area (Å²) >= 11 is 0. The van der Waals surface area contributed by atoms with E-state index in [1.807, 2.05) is 47.4 Å². The minimum absolute atomic E-state index is 0.0528. The molecule has 0 saturated carbocycles. The number of aromatic amines is 1. The number of likely N-dealkylation sites (tertiary alicyclic amines) is 1. The third-order valence-corrected chi connectivity index (χ3v) is 9.49. The summed E-state index contributed by atoms with van der Waals surface area (Å²) in [6.45, 7) is 7.86. The second-order valence-corrected chi connectivity index (χ2v) is 12.7. The van der Waals surface area contributed by atoms with E-state index in [0.717, 1.165) is 40.1 Å². The molecule has 7 rings (SSSR count). The zero-order valence-electron chi connectivity index (χ0n) is 26.9. The Bertz CT molecular complexity index is 1970. The van der Waals surface area contributed by atoms with Gasteiger partial charge in [0.05, 0.1) is 35.6 Å². The number of allylic oxidation sites excluding steroid dienone is 1. The average Bonchev–Trinajstić information content (AvgIpc) is 3.74. The fourth-order valence-corrected chi connectivity index (χ4v) is 6.79. The highest BCUT2D eigenvalue weighted by molar-refractivity contribution is 6.00. The first-order valence-electron chi connectivity index (χ1n) is 16.3. The zero-order chi connectivity index (χ0) is 34.0. The molecule has 1 unspecified atom stereocenters. The number of hydrogen-bond acceptors (Lipinski definition) is 7. The van der Waals surface area contributed by atoms with Gasteiger partial charge < -0.3 is 15.1 Å². The molecule has 12 heteroatoms. The number of hydrogen-bond donors (Lipinski definition) is 2. The Hall–Kier alpha value is -5.49. The molecule has 250 valence electrons. The molecule has 2 aliphatic rings. The molecule has 2 N–H and O–H groups in total. The lowest BCUT2D eigenvalue weighted by molar-refractivity contribution is -0.133. The van der Waals surface area contributed by atoms with Crippen LogP contribution >= 0.6 is 0 Å². The Morgan fingerprint density at radius 2 is 1.61 bits per heavy atom. The first-order chi connectivity index (χ1) is 23.8. The minimum atomic E-state index is -0.711. The van der Waals surface area contributed by atoms with Crippen molar-refractivity contribution in [1.82, 2.24) is 30.0 Å². The number of piperazine rings is 1. The van der Waals surface area contributed by atoms with Crippen molar-refractivity contribution in [3.8, 4) is 22.6 Å². The van der Waals surface area contributed by atoms with Gasteiger partial charge in [-0.05, 0) is 86.1 Å². The molecule has 2 aliphatic heterocycles. The molecule has 0 spiro atoms. The summed E-state index contributed by atoms with van der Waals surface area (Å²) < 4.78 is 26.7. The molecule has 4 heterocycles. The van der Waals surface area contributed by atoms with Gasteiger partial charge in [0.2, 0.25) is 11.8 Å². The number of H-pyrrole nitrogens is 1. The number of carbonyl (C=O) groups excluding carboxylic acids is 2. The van der Waals surface area contributed by atoms with Crippen LogP contribution in [0.25, 0.3) is 33.5 Å². The van der Waals surface area contributed by atoms with Gasteiger partial charge in [-0.2, -0.15) is 5.10 Å². The first kappa shape index (κ1) is 32.1. The van der Waals surface area contributed by atoms with Crippen molar-refractivity contribution in [3.63, 3.8) is 0 Å². The molecule has 0 aliphatic carbocycles. The van der Waals surface area contributed by atoms with E-state index in [0.29, 0.717) is 69.3 Å². The van der Waals surface area contributed by atoms with E-state index in [-0.39, 0.29) is 24.2 Å². The Morgan fingerprint density at radius 1 is 0.898 bits per heavy atom. The van der Waals surface area contributed by atoms with Crippen molar-refractivity contribution >= 4 is 34.1 Å². The van der Waals surface area contributed by atoms with Gasteiger partial charge in [0, 0.05) is 60.6 Å². The van der Waals surface area contributed by atoms with E-state index < -0.39 is 11.2 Å². The van der Waals surface area contributed by atoms with Gasteiger partial charge in [0.25, 0.3) is 0 Å². The molecule has 0 bridgehead atoms. The highest BCUT2D eigenvalue weighted by Gasteiger charge is 2.44. The second kappa shape index (κ2) is 13.6. The molecule has 49 heavy (non-hydrogen) atoms. The summed E-state index contributed by atoms with van der Waals surface area (Å²) in [5, 5.41) is 11.4. The Morgan fingerprint density at radius 3 is 2.33 bits per heavy atom. The van der Waals surface area contributed by atoms with Crippen LogP contribution in [0.4, 0.5) is 20.2 Å². The largest absolute Gasteiger partial charge is 0.368 e. The maximum absolute atomic E-state index is 13.8. The molecule has 10 nitrogen and oxygen atoms in total. The van der Waals surface area contributed by atoms with Crippen LogP contribution in [0.15, 0.2) is 91.8 Å². The molecule has 1 atom stereocenters. The molecule has 2 aromatic heterocycles. The third kappa shape index (κ3) is 6.77. The summed E-state index contributed by atoms with van der Waals surface area (Å²) in [4.78, 5) is 41.5. The lowest BCUT2D eigenvalue weighted by Crippen LogP contribution is -2.51. The minimum Gasteiger partial charge on any atom is -0.368 e. The molecular formula is C37H36F2N8O2. The number of carbonyl (C=O) groups is 2. The van der Waals surface area contributed by atoms with E-state index in [2.05, 4.69) is 41.9 Å². The van der Waals surface area contributed by atoms with E-state index in [9.17, 15) is 18.4 Å². The van der Waals surface area contributed by atoms with Gasteiger partial charge in [-0.25, -0.2) is 18.7 Å². The SMILES string of the molecule is C=CCC1(C(=O)Nc2ccc3[nH]nc(-c4ccc(F)cc4)c3c2)CCN(CC(=O)N2CCN(c3ccc(-c4ncc(F)cn4)cc3)CC2)C1. The number of benzene rings is 3. The summed E-state index contributed by atoms with van der Waals surface area (Å²) in [5.41, 5.74) is 4.01. The van der Waals surface area contributed by atoms with Crippen molar-refractivity contribution in [3.05, 3.63) is 103 Å². The van der Waals surface area contributed by atoms with Gasteiger partial charge in [-0.15, -0.1) is 6.58 Å². The number of nitrogens with one attached hydrogen (secondary N) is 2. The molecule has 2 amide bonds. The predicted molar refractivity (Wildman–Crippen MR) is 185 cm³/mol. The topological polar surface area (TPSA) is 110 Å². The second-order valence-electron chi connectivity index (χ2n) is 12.7. The number of amides is 2. The Balaban J connectivity index is 0.949. The van der Waals surface area contributed by atoms with E-state index in [1.165, 1.54) is 12.1 Å². The van der Waals surface area contributed by atoms with Gasteiger partial charge in [-0.3, -0.25) is 19.6 Å². The normalized spacial score (nSPS) is 18.2. The summed E-state index contributed by atoms with van der Waals surface area (Å²) in [6.07, 6.45) is 5.18. The maximum atomic E-state index is 13.8. The monoisotopic (exact) mass is 662 g/mol. The third-order valence-electron chi connectivity index (χ3n) is 9.49. The highest BCUT2D eigenvalue weighted by atomic mass is 19.1. The van der Waals surface area contributed by atoms with Crippen molar-refractivity contribution in [2.24, 2.45) is 5.41 Å². The molecule has 5 aromatic rings. The fraction of sp³-hybridized carbons (Fsp3) is 0.270.